The summed E-state index contributed by atoms with van der Waals surface area (Å²) in [5.41, 5.74) is 6.38. The van der Waals surface area contributed by atoms with E-state index in [0.717, 1.165) is 5.56 Å². The van der Waals surface area contributed by atoms with Gasteiger partial charge in [0.25, 0.3) is 11.8 Å². The molecule has 35 heavy (non-hydrogen) atoms. The Hall–Kier alpha value is -4.27. The van der Waals surface area contributed by atoms with Gasteiger partial charge in [0.15, 0.2) is 11.5 Å². The number of nitrogens with one attached hydrogen (secondary N) is 2. The average molecular weight is 480 g/mol. The van der Waals surface area contributed by atoms with Crippen molar-refractivity contribution in [3.63, 3.8) is 0 Å². The molecule has 9 nitrogen and oxygen atoms in total. The number of ether oxygens (including phenoxy) is 4. The van der Waals surface area contributed by atoms with Crippen LogP contribution in [-0.2, 0) is 6.61 Å². The quantitative estimate of drug-likeness (QED) is 0.401. The normalized spacial score (nSPS) is 10.3. The van der Waals surface area contributed by atoms with Crippen LogP contribution in [0.2, 0.25) is 0 Å². The van der Waals surface area contributed by atoms with Crippen LogP contribution in [0.3, 0.4) is 0 Å². The smallest absolute Gasteiger partial charge is 0.269 e. The van der Waals surface area contributed by atoms with E-state index >= 15 is 0 Å². The topological polar surface area (TPSA) is 108 Å². The van der Waals surface area contributed by atoms with E-state index in [2.05, 4.69) is 15.8 Å². The third-order valence-corrected chi connectivity index (χ3v) is 4.71. The van der Waals surface area contributed by atoms with Gasteiger partial charge in [-0.15, -0.1) is 0 Å². The van der Waals surface area contributed by atoms with Crippen LogP contribution >= 0.6 is 0 Å². The number of amides is 2. The third-order valence-electron chi connectivity index (χ3n) is 4.71. The van der Waals surface area contributed by atoms with Gasteiger partial charge in [-0.1, -0.05) is 6.07 Å². The Morgan fingerprint density at radius 2 is 1.37 bits per heavy atom. The molecule has 0 aliphatic carbocycles. The van der Waals surface area contributed by atoms with Crippen LogP contribution in [0.5, 0.6) is 23.0 Å². The number of carbonyl (C=O) groups excluding carboxylic acids is 2. The van der Waals surface area contributed by atoms with E-state index in [4.69, 9.17) is 18.9 Å². The average Bonchev–Trinajstić information content (AvgIpc) is 2.88. The van der Waals surface area contributed by atoms with Gasteiger partial charge in [0, 0.05) is 29.1 Å². The van der Waals surface area contributed by atoms with Crippen molar-refractivity contribution in [3.05, 3.63) is 77.6 Å². The molecule has 0 fully saturated rings. The lowest BCUT2D eigenvalue weighted by molar-refractivity contribution is 0.0846. The molecule has 1 aromatic heterocycles. The number of pyridine rings is 1. The summed E-state index contributed by atoms with van der Waals surface area (Å²) in [6.07, 6.45) is 3.42. The van der Waals surface area contributed by atoms with E-state index in [1.54, 1.807) is 48.8 Å². The zero-order chi connectivity index (χ0) is 25.0. The summed E-state index contributed by atoms with van der Waals surface area (Å²) < 4.78 is 22.6. The second-order valence-corrected chi connectivity index (χ2v) is 7.18. The van der Waals surface area contributed by atoms with Gasteiger partial charge in [-0.25, -0.2) is 0 Å². The molecule has 2 N–H and O–H groups in total. The van der Waals surface area contributed by atoms with Gasteiger partial charge in [0.05, 0.1) is 19.8 Å². The van der Waals surface area contributed by atoms with Gasteiger partial charge < -0.3 is 18.9 Å². The molecule has 0 saturated carbocycles. The summed E-state index contributed by atoms with van der Waals surface area (Å²) in [6.45, 7) is 7.06. The van der Waals surface area contributed by atoms with E-state index < -0.39 is 11.8 Å². The lowest BCUT2D eigenvalue weighted by Gasteiger charge is -2.17. The van der Waals surface area contributed by atoms with Crippen LogP contribution in [0.4, 0.5) is 0 Å². The molecule has 2 aromatic carbocycles. The fourth-order valence-electron chi connectivity index (χ4n) is 3.13. The summed E-state index contributed by atoms with van der Waals surface area (Å²) >= 11 is 0. The van der Waals surface area contributed by atoms with Crippen LogP contribution < -0.4 is 29.8 Å². The first-order valence-corrected chi connectivity index (χ1v) is 11.3. The first kappa shape index (κ1) is 25.4. The van der Waals surface area contributed by atoms with Crippen LogP contribution in [0.1, 0.15) is 47.1 Å². The van der Waals surface area contributed by atoms with Gasteiger partial charge >= 0.3 is 0 Å². The molecule has 0 saturated heterocycles. The van der Waals surface area contributed by atoms with Crippen LogP contribution in [0, 0.1) is 0 Å². The van der Waals surface area contributed by atoms with Gasteiger partial charge in [-0.05, 0) is 63.2 Å². The van der Waals surface area contributed by atoms with E-state index in [0.29, 0.717) is 55.0 Å². The molecule has 0 aliphatic heterocycles. The Morgan fingerprint density at radius 3 is 1.91 bits per heavy atom. The minimum atomic E-state index is -0.528. The Kier molecular flexibility index (Phi) is 9.30. The maximum absolute atomic E-state index is 12.7. The summed E-state index contributed by atoms with van der Waals surface area (Å²) in [4.78, 5) is 29.3. The van der Waals surface area contributed by atoms with Crippen molar-refractivity contribution < 1.29 is 28.5 Å². The molecular formula is C26H29N3O6. The molecule has 0 spiro atoms. The number of rotatable bonds is 11. The lowest BCUT2D eigenvalue weighted by atomic mass is 10.1. The number of nitrogens with zero attached hydrogens (tertiary/aromatic N) is 1. The molecule has 0 atom stereocenters. The van der Waals surface area contributed by atoms with Crippen LogP contribution in [-0.4, -0.2) is 36.6 Å². The molecule has 0 radical (unpaired) electrons. The highest BCUT2D eigenvalue weighted by Gasteiger charge is 2.19. The fourth-order valence-corrected chi connectivity index (χ4v) is 3.13. The molecule has 0 bridgehead atoms. The van der Waals surface area contributed by atoms with Crippen LogP contribution in [0.25, 0.3) is 0 Å². The van der Waals surface area contributed by atoms with Crippen molar-refractivity contribution in [2.45, 2.75) is 27.4 Å². The number of carbonyl (C=O) groups is 2. The minimum Gasteiger partial charge on any atom is -0.490 e. The molecule has 1 heterocycles. The summed E-state index contributed by atoms with van der Waals surface area (Å²) in [5, 5.41) is 0. The van der Waals surface area contributed by atoms with Crippen molar-refractivity contribution >= 4 is 11.8 Å². The second kappa shape index (κ2) is 12.8. The third kappa shape index (κ3) is 7.10. The zero-order valence-corrected chi connectivity index (χ0v) is 20.0. The maximum Gasteiger partial charge on any atom is 0.269 e. The highest BCUT2D eigenvalue weighted by Crippen LogP contribution is 2.39. The number of aromatic nitrogens is 1. The predicted octanol–water partition coefficient (Wildman–Crippen LogP) is 3.93. The van der Waals surface area contributed by atoms with Gasteiger partial charge in [0.1, 0.15) is 12.4 Å². The van der Waals surface area contributed by atoms with Crippen molar-refractivity contribution in [1.82, 2.24) is 15.8 Å². The molecule has 0 aliphatic rings. The van der Waals surface area contributed by atoms with Crippen molar-refractivity contribution in [1.29, 1.82) is 0 Å². The molecule has 3 rings (SSSR count). The monoisotopic (exact) mass is 479 g/mol. The SMILES string of the molecule is CCOc1cc(C(=O)NNC(=O)c2ccc(OCc3cccnc3)cc2)cc(OCC)c1OCC. The summed E-state index contributed by atoms with van der Waals surface area (Å²) in [6, 6.07) is 13.4. The van der Waals surface area contributed by atoms with Crippen molar-refractivity contribution in [2.24, 2.45) is 0 Å². The van der Waals surface area contributed by atoms with Crippen LogP contribution in [0.15, 0.2) is 60.9 Å². The molecule has 184 valence electrons. The largest absolute Gasteiger partial charge is 0.490 e. The molecule has 0 unspecified atom stereocenters. The Bertz CT molecular complexity index is 1090. The molecule has 2 amide bonds. The summed E-state index contributed by atoms with van der Waals surface area (Å²) in [5.74, 6) is 0.813. The minimum absolute atomic E-state index is 0.250. The van der Waals surface area contributed by atoms with E-state index in [1.165, 1.54) is 0 Å². The number of hydrogen-bond acceptors (Lipinski definition) is 7. The van der Waals surface area contributed by atoms with Crippen molar-refractivity contribution in [2.75, 3.05) is 19.8 Å². The standard InChI is InChI=1S/C26H29N3O6/c1-4-32-22-14-20(15-23(33-5-2)24(22)34-6-3)26(31)29-28-25(30)19-9-11-21(12-10-19)35-17-18-8-7-13-27-16-18/h7-16H,4-6,17H2,1-3H3,(H,28,30)(H,29,31). The highest BCUT2D eigenvalue weighted by molar-refractivity contribution is 5.99. The second-order valence-electron chi connectivity index (χ2n) is 7.18. The molecule has 9 heteroatoms. The first-order chi connectivity index (χ1) is 17.0. The van der Waals surface area contributed by atoms with E-state index in [1.807, 2.05) is 32.9 Å². The first-order valence-electron chi connectivity index (χ1n) is 11.3. The number of hydrazine groups is 1. The maximum atomic E-state index is 12.7. The number of hydrogen-bond donors (Lipinski definition) is 2. The Labute approximate surface area is 204 Å². The molecular weight excluding hydrogens is 450 g/mol. The van der Waals surface area contributed by atoms with E-state index in [9.17, 15) is 9.59 Å². The zero-order valence-electron chi connectivity index (χ0n) is 20.0. The number of benzene rings is 2. The Balaban J connectivity index is 1.62. The fraction of sp³-hybridized carbons (Fsp3) is 0.269. The predicted molar refractivity (Wildman–Crippen MR) is 130 cm³/mol. The summed E-state index contributed by atoms with van der Waals surface area (Å²) in [7, 11) is 0. The molecule has 3 aromatic rings. The van der Waals surface area contributed by atoms with E-state index in [-0.39, 0.29) is 5.56 Å². The van der Waals surface area contributed by atoms with Gasteiger partial charge in [-0.2, -0.15) is 0 Å². The van der Waals surface area contributed by atoms with Gasteiger partial charge in [-0.3, -0.25) is 25.4 Å². The lowest BCUT2D eigenvalue weighted by Crippen LogP contribution is -2.41. The highest BCUT2D eigenvalue weighted by atomic mass is 16.5. The van der Waals surface area contributed by atoms with Crippen molar-refractivity contribution in [3.8, 4) is 23.0 Å². The Morgan fingerprint density at radius 1 is 0.771 bits per heavy atom. The van der Waals surface area contributed by atoms with Gasteiger partial charge in [0.2, 0.25) is 5.75 Å².